The number of fused-ring (bicyclic) bond motifs is 1. The van der Waals surface area contributed by atoms with E-state index >= 15 is 0 Å². The molecule has 21 heavy (non-hydrogen) atoms. The van der Waals surface area contributed by atoms with Crippen molar-refractivity contribution in [3.8, 4) is 0 Å². The number of hydrogen-bond acceptors (Lipinski definition) is 1. The molecule has 1 unspecified atom stereocenters. The molecule has 0 saturated heterocycles. The van der Waals surface area contributed by atoms with Gasteiger partial charge in [0, 0.05) is 23.6 Å². The van der Waals surface area contributed by atoms with E-state index in [1.807, 2.05) is 6.92 Å². The van der Waals surface area contributed by atoms with Crippen molar-refractivity contribution >= 4 is 16.9 Å². The fourth-order valence-corrected chi connectivity index (χ4v) is 2.63. The first-order valence-corrected chi connectivity index (χ1v) is 6.66. The number of carboxylic acid groups (broad SMARTS) is 1. The monoisotopic (exact) mass is 299 g/mol. The summed E-state index contributed by atoms with van der Waals surface area (Å²) in [7, 11) is 0. The topological polar surface area (TPSA) is 42.2 Å². The van der Waals surface area contributed by atoms with Gasteiger partial charge in [0.25, 0.3) is 0 Å². The van der Waals surface area contributed by atoms with E-state index in [4.69, 9.17) is 5.11 Å². The summed E-state index contributed by atoms with van der Waals surface area (Å²) in [5, 5.41) is 8.99. The molecule has 0 amide bonds. The third-order valence-electron chi connectivity index (χ3n) is 3.59. The number of aromatic nitrogens is 1. The van der Waals surface area contributed by atoms with E-state index in [2.05, 4.69) is 0 Å². The highest BCUT2D eigenvalue weighted by atomic mass is 19.4. The Labute approximate surface area is 120 Å². The van der Waals surface area contributed by atoms with Gasteiger partial charge in [0.1, 0.15) is 0 Å². The minimum Gasteiger partial charge on any atom is -0.481 e. The van der Waals surface area contributed by atoms with Gasteiger partial charge in [0.05, 0.1) is 12.0 Å². The number of aliphatic carboxylic acids is 1. The average molecular weight is 299 g/mol. The highest BCUT2D eigenvalue weighted by Gasteiger charge is 2.34. The molecule has 2 aromatic rings. The second-order valence-electron chi connectivity index (χ2n) is 5.07. The molecule has 1 N–H and O–H groups in total. The fourth-order valence-electron chi connectivity index (χ4n) is 2.63. The highest BCUT2D eigenvalue weighted by Crippen LogP contribution is 2.39. The van der Waals surface area contributed by atoms with Crippen molar-refractivity contribution in [2.24, 2.45) is 0 Å². The summed E-state index contributed by atoms with van der Waals surface area (Å²) in [6.07, 6.45) is -3.03. The zero-order valence-corrected chi connectivity index (χ0v) is 11.7. The van der Waals surface area contributed by atoms with Crippen molar-refractivity contribution < 1.29 is 23.1 Å². The van der Waals surface area contributed by atoms with E-state index in [0.29, 0.717) is 17.6 Å². The Morgan fingerprint density at radius 1 is 1.38 bits per heavy atom. The molecule has 1 atom stereocenters. The van der Waals surface area contributed by atoms with Crippen LogP contribution in [0.3, 0.4) is 0 Å². The van der Waals surface area contributed by atoms with Gasteiger partial charge in [-0.15, -0.1) is 0 Å². The number of hydrogen-bond donors (Lipinski definition) is 1. The zero-order valence-electron chi connectivity index (χ0n) is 11.7. The standard InChI is InChI=1S/C15H16F3NO2/c1-3-19-8-10(9(2)7-13(20)21)14-11(15(16,17)18)5-4-6-12(14)19/h4-6,8-9H,3,7H2,1-2H3,(H,20,21). The van der Waals surface area contributed by atoms with Crippen LogP contribution in [0.2, 0.25) is 0 Å². The molecule has 3 nitrogen and oxygen atoms in total. The lowest BCUT2D eigenvalue weighted by Crippen LogP contribution is -2.08. The Kier molecular flexibility index (Phi) is 3.98. The average Bonchev–Trinajstić information content (AvgIpc) is 2.75. The molecule has 1 heterocycles. The zero-order chi connectivity index (χ0) is 15.8. The maximum Gasteiger partial charge on any atom is 0.417 e. The molecule has 114 valence electrons. The number of carbonyl (C=O) groups is 1. The molecule has 0 bridgehead atoms. The van der Waals surface area contributed by atoms with Gasteiger partial charge in [-0.3, -0.25) is 4.79 Å². The molecule has 0 aliphatic heterocycles. The minimum atomic E-state index is -4.46. The number of carboxylic acids is 1. The fraction of sp³-hybridized carbons (Fsp3) is 0.400. The normalized spacial score (nSPS) is 13.6. The highest BCUT2D eigenvalue weighted by molar-refractivity contribution is 5.89. The number of nitrogens with zero attached hydrogens (tertiary/aromatic N) is 1. The molecule has 1 aromatic carbocycles. The molecular formula is C15H16F3NO2. The van der Waals surface area contributed by atoms with Crippen LogP contribution < -0.4 is 0 Å². The molecule has 0 aliphatic rings. The predicted octanol–water partition coefficient (Wildman–Crippen LogP) is 4.26. The van der Waals surface area contributed by atoms with Crippen LogP contribution in [0, 0.1) is 0 Å². The van der Waals surface area contributed by atoms with Gasteiger partial charge < -0.3 is 9.67 Å². The first-order chi connectivity index (χ1) is 9.75. The number of rotatable bonds is 4. The molecule has 0 radical (unpaired) electrons. The van der Waals surface area contributed by atoms with Crippen LogP contribution >= 0.6 is 0 Å². The molecule has 6 heteroatoms. The van der Waals surface area contributed by atoms with Gasteiger partial charge in [-0.2, -0.15) is 13.2 Å². The summed E-state index contributed by atoms with van der Waals surface area (Å²) in [6.45, 7) is 4.00. The van der Waals surface area contributed by atoms with Crippen LogP contribution in [0.5, 0.6) is 0 Å². The maximum atomic E-state index is 13.2. The molecule has 0 saturated carbocycles. The van der Waals surface area contributed by atoms with Gasteiger partial charge in [0.15, 0.2) is 0 Å². The number of aryl methyl sites for hydroxylation is 1. The summed E-state index contributed by atoms with van der Waals surface area (Å²) in [4.78, 5) is 10.8. The van der Waals surface area contributed by atoms with Crippen molar-refractivity contribution in [1.29, 1.82) is 0 Å². The van der Waals surface area contributed by atoms with Crippen molar-refractivity contribution in [2.45, 2.75) is 38.9 Å². The van der Waals surface area contributed by atoms with Crippen molar-refractivity contribution in [1.82, 2.24) is 4.57 Å². The minimum absolute atomic E-state index is 0.112. The Hall–Kier alpha value is -1.98. The predicted molar refractivity (Wildman–Crippen MR) is 73.3 cm³/mol. The van der Waals surface area contributed by atoms with E-state index < -0.39 is 23.6 Å². The first kappa shape index (κ1) is 15.4. The summed E-state index contributed by atoms with van der Waals surface area (Å²) in [5.41, 5.74) is 0.209. The quantitative estimate of drug-likeness (QED) is 0.916. The number of halogens is 3. The largest absolute Gasteiger partial charge is 0.481 e. The Morgan fingerprint density at radius 2 is 2.05 bits per heavy atom. The van der Waals surface area contributed by atoms with E-state index in [0.717, 1.165) is 6.07 Å². The molecule has 0 aliphatic carbocycles. The lowest BCUT2D eigenvalue weighted by molar-refractivity contribution is -0.137. The molecule has 0 fully saturated rings. The van der Waals surface area contributed by atoms with Crippen LogP contribution in [-0.4, -0.2) is 15.6 Å². The molecule has 2 rings (SSSR count). The van der Waals surface area contributed by atoms with Gasteiger partial charge >= 0.3 is 12.1 Å². The molecule has 0 spiro atoms. The second kappa shape index (κ2) is 5.42. The summed E-state index contributed by atoms with van der Waals surface area (Å²) in [5.74, 6) is -1.51. The van der Waals surface area contributed by atoms with E-state index in [9.17, 15) is 18.0 Å². The van der Waals surface area contributed by atoms with Crippen LogP contribution in [0.1, 0.15) is 37.3 Å². The van der Waals surface area contributed by atoms with Gasteiger partial charge in [-0.25, -0.2) is 0 Å². The van der Waals surface area contributed by atoms with Crippen LogP contribution in [0.25, 0.3) is 10.9 Å². The summed E-state index contributed by atoms with van der Waals surface area (Å²) < 4.78 is 41.4. The van der Waals surface area contributed by atoms with E-state index in [1.54, 1.807) is 23.8 Å². The van der Waals surface area contributed by atoms with E-state index in [-0.39, 0.29) is 11.8 Å². The second-order valence-corrected chi connectivity index (χ2v) is 5.07. The molecular weight excluding hydrogens is 283 g/mol. The maximum absolute atomic E-state index is 13.2. The van der Waals surface area contributed by atoms with Gasteiger partial charge in [0.2, 0.25) is 0 Å². The Balaban J connectivity index is 2.72. The third-order valence-corrected chi connectivity index (χ3v) is 3.59. The number of benzene rings is 1. The lowest BCUT2D eigenvalue weighted by atomic mass is 9.94. The lowest BCUT2D eigenvalue weighted by Gasteiger charge is -2.12. The number of alkyl halides is 3. The smallest absolute Gasteiger partial charge is 0.417 e. The third kappa shape index (κ3) is 2.89. The Bertz CT molecular complexity index is 673. The van der Waals surface area contributed by atoms with Crippen molar-refractivity contribution in [2.75, 3.05) is 0 Å². The van der Waals surface area contributed by atoms with E-state index in [1.165, 1.54) is 6.07 Å². The van der Waals surface area contributed by atoms with Gasteiger partial charge in [-0.05, 0) is 30.5 Å². The summed E-state index contributed by atoms with van der Waals surface area (Å²) in [6, 6.07) is 4.05. The van der Waals surface area contributed by atoms with Crippen LogP contribution in [-0.2, 0) is 17.5 Å². The first-order valence-electron chi connectivity index (χ1n) is 6.66. The van der Waals surface area contributed by atoms with Crippen LogP contribution in [0.15, 0.2) is 24.4 Å². The van der Waals surface area contributed by atoms with Gasteiger partial charge in [-0.1, -0.05) is 13.0 Å². The molecule has 1 aromatic heterocycles. The summed E-state index contributed by atoms with van der Waals surface area (Å²) >= 11 is 0. The van der Waals surface area contributed by atoms with Crippen molar-refractivity contribution in [3.05, 3.63) is 35.5 Å². The Morgan fingerprint density at radius 3 is 2.57 bits per heavy atom. The van der Waals surface area contributed by atoms with Crippen LogP contribution in [0.4, 0.5) is 13.2 Å². The van der Waals surface area contributed by atoms with Crippen molar-refractivity contribution in [3.63, 3.8) is 0 Å². The SMILES string of the molecule is CCn1cc(C(C)CC(=O)O)c2c(C(F)(F)F)cccc21.